The van der Waals surface area contributed by atoms with Gasteiger partial charge in [-0.15, -0.1) is 0 Å². The largest absolute Gasteiger partial charge is 0.377 e. The van der Waals surface area contributed by atoms with Crippen LogP contribution >= 0.6 is 11.6 Å². The molecule has 0 saturated carbocycles. The lowest BCUT2D eigenvalue weighted by Gasteiger charge is -2.34. The Morgan fingerprint density at radius 1 is 0.939 bits per heavy atom. The van der Waals surface area contributed by atoms with Crippen molar-refractivity contribution in [3.63, 3.8) is 0 Å². The number of rotatable bonds is 4. The summed E-state index contributed by atoms with van der Waals surface area (Å²) < 4.78 is 19.1. The topological polar surface area (TPSA) is 38.2 Å². The zero-order valence-corrected chi connectivity index (χ0v) is 19.0. The minimum absolute atomic E-state index is 0.219. The minimum Gasteiger partial charge on any atom is -0.377 e. The molecule has 1 atom stereocenters. The van der Waals surface area contributed by atoms with Crippen LogP contribution in [0.5, 0.6) is 0 Å². The maximum absolute atomic E-state index is 13.5. The Balaban J connectivity index is 1.57. The van der Waals surface area contributed by atoms with E-state index in [4.69, 9.17) is 21.3 Å². The molecule has 166 valence electrons. The molecule has 0 N–H and O–H groups in total. The number of halogens is 2. The highest BCUT2D eigenvalue weighted by Crippen LogP contribution is 2.32. The van der Waals surface area contributed by atoms with Crippen LogP contribution in [0.15, 0.2) is 79.0 Å². The van der Waals surface area contributed by atoms with Gasteiger partial charge in [0.1, 0.15) is 11.6 Å². The van der Waals surface area contributed by atoms with Crippen molar-refractivity contribution in [1.29, 1.82) is 0 Å². The molecule has 1 saturated heterocycles. The van der Waals surface area contributed by atoms with Crippen molar-refractivity contribution in [2.45, 2.75) is 13.0 Å². The van der Waals surface area contributed by atoms with Crippen LogP contribution in [0.3, 0.4) is 0 Å². The van der Waals surface area contributed by atoms with Crippen molar-refractivity contribution in [3.05, 3.63) is 89.8 Å². The molecule has 5 rings (SSSR count). The summed E-state index contributed by atoms with van der Waals surface area (Å²) in [4.78, 5) is 11.7. The van der Waals surface area contributed by atoms with Crippen LogP contribution in [0.2, 0.25) is 5.02 Å². The lowest BCUT2D eigenvalue weighted by atomic mass is 10.0. The predicted molar refractivity (Wildman–Crippen MR) is 131 cm³/mol. The van der Waals surface area contributed by atoms with E-state index in [0.717, 1.165) is 46.0 Å². The number of hydrogen-bond acceptors (Lipinski definition) is 4. The number of ether oxygens (including phenoxy) is 1. The van der Waals surface area contributed by atoms with Gasteiger partial charge in [-0.1, -0.05) is 48.0 Å². The first-order valence-corrected chi connectivity index (χ1v) is 11.3. The first-order chi connectivity index (χ1) is 16.1. The molecule has 0 spiro atoms. The average Bonchev–Trinajstić information content (AvgIpc) is 2.85. The minimum atomic E-state index is -0.251. The second-order valence-electron chi connectivity index (χ2n) is 8.13. The molecule has 4 aromatic rings. The summed E-state index contributed by atoms with van der Waals surface area (Å²) in [5.41, 5.74) is 5.47. The highest BCUT2D eigenvalue weighted by atomic mass is 35.5. The number of benzene rings is 2. The molecule has 2 aromatic carbocycles. The van der Waals surface area contributed by atoms with Gasteiger partial charge in [-0.3, -0.25) is 4.98 Å². The lowest BCUT2D eigenvalue weighted by Crippen LogP contribution is -2.44. The molecule has 2 aromatic heterocycles. The average molecular weight is 460 g/mol. The standard InChI is InChI=1S/C27H23ClFN3O/c1-18-17-33-14-13-32(18)26-16-22(19-8-10-23(29)11-9-19)15-25(31-26)20-4-6-21(7-5-20)27-24(28)3-2-12-30-27/h2-12,15-16,18H,13-14,17H2,1H3/t18-/m1/s1. The van der Waals surface area contributed by atoms with E-state index in [1.165, 1.54) is 12.1 Å². The van der Waals surface area contributed by atoms with E-state index in [1.54, 1.807) is 18.3 Å². The van der Waals surface area contributed by atoms with Crippen molar-refractivity contribution in [2.75, 3.05) is 24.7 Å². The van der Waals surface area contributed by atoms with E-state index in [2.05, 4.69) is 22.9 Å². The third kappa shape index (κ3) is 4.61. The Hall–Kier alpha value is -3.28. The third-order valence-electron chi connectivity index (χ3n) is 5.86. The summed E-state index contributed by atoms with van der Waals surface area (Å²) in [6.07, 6.45) is 1.73. The van der Waals surface area contributed by atoms with E-state index in [9.17, 15) is 4.39 Å². The summed E-state index contributed by atoms with van der Waals surface area (Å²) >= 11 is 6.32. The normalized spacial score (nSPS) is 16.1. The van der Waals surface area contributed by atoms with Crippen molar-refractivity contribution in [3.8, 4) is 33.6 Å². The molecule has 3 heterocycles. The van der Waals surface area contributed by atoms with Gasteiger partial charge in [0.15, 0.2) is 0 Å². The number of aromatic nitrogens is 2. The Labute approximate surface area is 197 Å². The van der Waals surface area contributed by atoms with Gasteiger partial charge in [-0.05, 0) is 54.4 Å². The van der Waals surface area contributed by atoms with E-state index in [0.29, 0.717) is 18.2 Å². The van der Waals surface area contributed by atoms with Crippen molar-refractivity contribution in [2.24, 2.45) is 0 Å². The molecule has 4 nitrogen and oxygen atoms in total. The Bertz CT molecular complexity index is 1260. The van der Waals surface area contributed by atoms with Crippen molar-refractivity contribution < 1.29 is 9.13 Å². The Morgan fingerprint density at radius 3 is 2.39 bits per heavy atom. The summed E-state index contributed by atoms with van der Waals surface area (Å²) in [5.74, 6) is 0.637. The molecule has 0 unspecified atom stereocenters. The third-order valence-corrected chi connectivity index (χ3v) is 6.17. The van der Waals surface area contributed by atoms with Crippen LogP contribution in [0, 0.1) is 5.82 Å². The first-order valence-electron chi connectivity index (χ1n) is 10.9. The monoisotopic (exact) mass is 459 g/mol. The van der Waals surface area contributed by atoms with Gasteiger partial charge in [-0.2, -0.15) is 0 Å². The zero-order valence-electron chi connectivity index (χ0n) is 18.2. The fraction of sp³-hybridized carbons (Fsp3) is 0.185. The first kappa shape index (κ1) is 21.6. The smallest absolute Gasteiger partial charge is 0.130 e. The fourth-order valence-corrected chi connectivity index (χ4v) is 4.32. The molecule has 0 aliphatic carbocycles. The van der Waals surface area contributed by atoms with E-state index in [1.807, 2.05) is 42.5 Å². The van der Waals surface area contributed by atoms with E-state index < -0.39 is 0 Å². The van der Waals surface area contributed by atoms with Gasteiger partial charge >= 0.3 is 0 Å². The van der Waals surface area contributed by atoms with Crippen LogP contribution in [0.1, 0.15) is 6.92 Å². The number of anilines is 1. The summed E-state index contributed by atoms with van der Waals surface area (Å²) in [7, 11) is 0. The van der Waals surface area contributed by atoms with E-state index in [-0.39, 0.29) is 11.9 Å². The highest BCUT2D eigenvalue weighted by molar-refractivity contribution is 6.33. The van der Waals surface area contributed by atoms with Crippen LogP contribution in [0.25, 0.3) is 33.6 Å². The molecular formula is C27H23ClFN3O. The van der Waals surface area contributed by atoms with Crippen molar-refractivity contribution in [1.82, 2.24) is 9.97 Å². The van der Waals surface area contributed by atoms with E-state index >= 15 is 0 Å². The van der Waals surface area contributed by atoms with Gasteiger partial charge in [0, 0.05) is 23.9 Å². The quantitative estimate of drug-likeness (QED) is 0.349. The maximum Gasteiger partial charge on any atom is 0.130 e. The Morgan fingerprint density at radius 2 is 1.67 bits per heavy atom. The van der Waals surface area contributed by atoms with Gasteiger partial charge in [0.25, 0.3) is 0 Å². The molecule has 0 bridgehead atoms. The predicted octanol–water partition coefficient (Wildman–Crippen LogP) is 6.50. The summed E-state index contributed by atoms with van der Waals surface area (Å²) in [6, 6.07) is 22.6. The fourth-order valence-electron chi connectivity index (χ4n) is 4.08. The maximum atomic E-state index is 13.5. The number of morpholine rings is 1. The number of nitrogens with zero attached hydrogens (tertiary/aromatic N) is 3. The Kier molecular flexibility index (Phi) is 6.07. The van der Waals surface area contributed by atoms with Gasteiger partial charge in [-0.25, -0.2) is 9.37 Å². The molecule has 1 aliphatic rings. The molecule has 0 radical (unpaired) electrons. The molecule has 1 fully saturated rings. The van der Waals surface area contributed by atoms with Crippen LogP contribution in [-0.2, 0) is 4.74 Å². The molecular weight excluding hydrogens is 437 g/mol. The van der Waals surface area contributed by atoms with Gasteiger partial charge < -0.3 is 9.64 Å². The van der Waals surface area contributed by atoms with Crippen LogP contribution in [0.4, 0.5) is 10.2 Å². The van der Waals surface area contributed by atoms with Gasteiger partial charge in [0.2, 0.25) is 0 Å². The second-order valence-corrected chi connectivity index (χ2v) is 8.54. The van der Waals surface area contributed by atoms with Crippen molar-refractivity contribution >= 4 is 17.4 Å². The number of pyridine rings is 2. The summed E-state index contributed by atoms with van der Waals surface area (Å²) in [5, 5.41) is 0.616. The molecule has 0 amide bonds. The molecule has 1 aliphatic heterocycles. The van der Waals surface area contributed by atoms with Crippen LogP contribution in [-0.4, -0.2) is 35.8 Å². The highest BCUT2D eigenvalue weighted by Gasteiger charge is 2.21. The zero-order chi connectivity index (χ0) is 22.8. The SMILES string of the molecule is C[C@@H]1COCCN1c1cc(-c2ccc(F)cc2)cc(-c2ccc(-c3ncccc3Cl)cc2)n1. The van der Waals surface area contributed by atoms with Crippen LogP contribution < -0.4 is 4.90 Å². The molecule has 6 heteroatoms. The molecule has 33 heavy (non-hydrogen) atoms. The van der Waals surface area contributed by atoms with Gasteiger partial charge in [0.05, 0.1) is 35.7 Å². The lowest BCUT2D eigenvalue weighted by molar-refractivity contribution is 0.0985. The second kappa shape index (κ2) is 9.30. The number of hydrogen-bond donors (Lipinski definition) is 0. The summed E-state index contributed by atoms with van der Waals surface area (Å²) in [6.45, 7) is 4.24.